The third-order valence-electron chi connectivity index (χ3n) is 6.15. The maximum atomic E-state index is 12.8. The number of piperidine rings is 1. The molecule has 3 aromatic rings. The predicted molar refractivity (Wildman–Crippen MR) is 132 cm³/mol. The van der Waals surface area contributed by atoms with Crippen LogP contribution in [0.25, 0.3) is 0 Å². The van der Waals surface area contributed by atoms with Crippen LogP contribution in [0.15, 0.2) is 65.8 Å². The first-order chi connectivity index (χ1) is 16.9. The van der Waals surface area contributed by atoms with Crippen LogP contribution >= 0.6 is 0 Å². The summed E-state index contributed by atoms with van der Waals surface area (Å²) in [5, 5.41) is 5.84. The van der Waals surface area contributed by atoms with Crippen molar-refractivity contribution in [3.63, 3.8) is 0 Å². The van der Waals surface area contributed by atoms with Crippen LogP contribution in [0.5, 0.6) is 5.75 Å². The minimum absolute atomic E-state index is 0.251. The molecule has 2 N–H and O–H groups in total. The smallest absolute Gasteiger partial charge is 0.315 e. The average molecular weight is 498 g/mol. The maximum absolute atomic E-state index is 12.8. The molecule has 1 aliphatic rings. The molecule has 2 heterocycles. The first kappa shape index (κ1) is 24.7. The van der Waals surface area contributed by atoms with Crippen molar-refractivity contribution in [2.75, 3.05) is 20.2 Å². The van der Waals surface area contributed by atoms with Crippen LogP contribution in [0.3, 0.4) is 0 Å². The van der Waals surface area contributed by atoms with Gasteiger partial charge in [0.15, 0.2) is 0 Å². The van der Waals surface area contributed by atoms with E-state index < -0.39 is 16.1 Å². The number of aryl methyl sites for hydroxylation is 1. The molecule has 0 aliphatic carbocycles. The number of urea groups is 1. The quantitative estimate of drug-likeness (QED) is 0.497. The van der Waals surface area contributed by atoms with Gasteiger partial charge in [-0.25, -0.2) is 18.2 Å². The van der Waals surface area contributed by atoms with Gasteiger partial charge in [-0.15, -0.1) is 0 Å². The molecule has 2 aromatic carbocycles. The van der Waals surface area contributed by atoms with E-state index in [0.29, 0.717) is 24.7 Å². The van der Waals surface area contributed by atoms with E-state index in [9.17, 15) is 13.2 Å². The van der Waals surface area contributed by atoms with Crippen LogP contribution in [0, 0.1) is 0 Å². The summed E-state index contributed by atoms with van der Waals surface area (Å²) in [5.74, 6) is 1.36. The van der Waals surface area contributed by atoms with Crippen LogP contribution in [0.1, 0.15) is 42.3 Å². The Balaban J connectivity index is 1.42. The molecular weight excluding hydrogens is 466 g/mol. The molecule has 2 amide bonds. The second-order valence-electron chi connectivity index (χ2n) is 8.54. The number of carbonyl (C=O) groups excluding carboxylic acids is 1. The molecule has 1 atom stereocenters. The Morgan fingerprint density at radius 1 is 1.11 bits per heavy atom. The molecule has 4 rings (SSSR count). The first-order valence-corrected chi connectivity index (χ1v) is 13.1. The molecule has 1 unspecified atom stereocenters. The number of aromatic nitrogens is 2. The van der Waals surface area contributed by atoms with Gasteiger partial charge < -0.3 is 19.9 Å². The minimum Gasteiger partial charge on any atom is -0.497 e. The number of imidazole rings is 1. The summed E-state index contributed by atoms with van der Waals surface area (Å²) in [6.45, 7) is 1.38. The van der Waals surface area contributed by atoms with Crippen molar-refractivity contribution in [2.45, 2.75) is 36.7 Å². The van der Waals surface area contributed by atoms with Crippen molar-refractivity contribution >= 4 is 16.1 Å². The van der Waals surface area contributed by atoms with Crippen LogP contribution in [0.4, 0.5) is 4.79 Å². The summed E-state index contributed by atoms with van der Waals surface area (Å²) in [6, 6.07) is 13.3. The van der Waals surface area contributed by atoms with E-state index >= 15 is 0 Å². The maximum Gasteiger partial charge on any atom is 0.315 e. The molecular formula is C25H31N5O4S. The fourth-order valence-corrected chi connectivity index (χ4v) is 5.69. The number of hydrogen-bond acceptors (Lipinski definition) is 5. The molecule has 1 fully saturated rings. The summed E-state index contributed by atoms with van der Waals surface area (Å²) in [6.07, 6.45) is 6.36. The van der Waals surface area contributed by atoms with Crippen LogP contribution < -0.4 is 15.4 Å². The monoisotopic (exact) mass is 497 g/mol. The number of benzene rings is 2. The van der Waals surface area contributed by atoms with Gasteiger partial charge in [0.1, 0.15) is 17.6 Å². The fraction of sp³-hybridized carbons (Fsp3) is 0.360. The predicted octanol–water partition coefficient (Wildman–Crippen LogP) is 3.19. The number of nitrogens with zero attached hydrogens (tertiary/aromatic N) is 3. The first-order valence-electron chi connectivity index (χ1n) is 11.6. The SMILES string of the molecule is COc1cccc(C(NC(=O)NCc2ccc(S(=O)(=O)N3CCCCC3)cc2)c2nccn2C)c1. The number of ether oxygens (including phenoxy) is 1. The zero-order chi connectivity index (χ0) is 24.8. The van der Waals surface area contributed by atoms with Crippen LogP contribution in [-0.4, -0.2) is 48.5 Å². The Hall–Kier alpha value is -3.37. The molecule has 35 heavy (non-hydrogen) atoms. The Bertz CT molecular complexity index is 1250. The van der Waals surface area contributed by atoms with Gasteiger partial charge in [-0.2, -0.15) is 4.31 Å². The summed E-state index contributed by atoms with van der Waals surface area (Å²) >= 11 is 0. The minimum atomic E-state index is -3.48. The Morgan fingerprint density at radius 3 is 2.51 bits per heavy atom. The molecule has 0 bridgehead atoms. The zero-order valence-electron chi connectivity index (χ0n) is 20.0. The topological polar surface area (TPSA) is 106 Å². The number of nitrogens with one attached hydrogen (secondary N) is 2. The highest BCUT2D eigenvalue weighted by Crippen LogP contribution is 2.24. The fourth-order valence-electron chi connectivity index (χ4n) is 4.17. The number of amides is 2. The third-order valence-corrected chi connectivity index (χ3v) is 8.06. The van der Waals surface area contributed by atoms with Gasteiger partial charge in [-0.1, -0.05) is 30.7 Å². The molecule has 9 nitrogen and oxygen atoms in total. The van der Waals surface area contributed by atoms with Crippen molar-refractivity contribution in [2.24, 2.45) is 7.05 Å². The van der Waals surface area contributed by atoms with Gasteiger partial charge in [0, 0.05) is 39.1 Å². The van der Waals surface area contributed by atoms with Gasteiger partial charge in [-0.3, -0.25) is 0 Å². The van der Waals surface area contributed by atoms with Gasteiger partial charge in [0.25, 0.3) is 0 Å². The van der Waals surface area contributed by atoms with E-state index in [1.54, 1.807) is 41.9 Å². The lowest BCUT2D eigenvalue weighted by molar-refractivity contribution is 0.237. The third kappa shape index (κ3) is 5.83. The average Bonchev–Trinajstić information content (AvgIpc) is 3.32. The van der Waals surface area contributed by atoms with Crippen molar-refractivity contribution in [1.82, 2.24) is 24.5 Å². The van der Waals surface area contributed by atoms with Gasteiger partial charge in [-0.05, 0) is 48.2 Å². The Kier molecular flexibility index (Phi) is 7.72. The number of methoxy groups -OCH3 is 1. The Labute approximate surface area is 206 Å². The van der Waals surface area contributed by atoms with Crippen molar-refractivity contribution in [3.05, 3.63) is 77.9 Å². The molecule has 186 valence electrons. The molecule has 0 spiro atoms. The van der Waals surface area contributed by atoms with E-state index in [-0.39, 0.29) is 17.5 Å². The number of carbonyl (C=O) groups is 1. The lowest BCUT2D eigenvalue weighted by Gasteiger charge is -2.25. The van der Waals surface area contributed by atoms with Gasteiger partial charge in [0.2, 0.25) is 10.0 Å². The highest BCUT2D eigenvalue weighted by molar-refractivity contribution is 7.89. The number of sulfonamides is 1. The highest BCUT2D eigenvalue weighted by atomic mass is 32.2. The van der Waals surface area contributed by atoms with E-state index in [0.717, 1.165) is 30.4 Å². The second-order valence-corrected chi connectivity index (χ2v) is 10.5. The summed E-state index contributed by atoms with van der Waals surface area (Å²) < 4.78 is 34.4. The van der Waals surface area contributed by atoms with E-state index in [2.05, 4.69) is 15.6 Å². The molecule has 1 saturated heterocycles. The molecule has 0 saturated carbocycles. The van der Waals surface area contributed by atoms with Crippen molar-refractivity contribution in [3.8, 4) is 5.75 Å². The van der Waals surface area contributed by atoms with Crippen LogP contribution in [0.2, 0.25) is 0 Å². The van der Waals surface area contributed by atoms with Crippen LogP contribution in [-0.2, 0) is 23.6 Å². The molecule has 1 aliphatic heterocycles. The number of rotatable bonds is 8. The Morgan fingerprint density at radius 2 is 1.86 bits per heavy atom. The standard InChI is InChI=1S/C25H31N5O4S/c1-29-16-13-26-24(29)23(20-7-6-8-21(17-20)34-2)28-25(31)27-18-19-9-11-22(12-10-19)35(32,33)30-14-4-3-5-15-30/h6-13,16-17,23H,3-5,14-15,18H2,1-2H3,(H2,27,28,31). The largest absolute Gasteiger partial charge is 0.497 e. The van der Waals surface area contributed by atoms with Gasteiger partial charge >= 0.3 is 6.03 Å². The van der Waals surface area contributed by atoms with E-state index in [4.69, 9.17) is 4.74 Å². The summed E-state index contributed by atoms with van der Waals surface area (Å²) in [4.78, 5) is 17.5. The van der Waals surface area contributed by atoms with E-state index in [1.165, 1.54) is 0 Å². The molecule has 1 aromatic heterocycles. The lowest BCUT2D eigenvalue weighted by atomic mass is 10.1. The molecule has 0 radical (unpaired) electrons. The number of hydrogen-bond donors (Lipinski definition) is 2. The second kappa shape index (κ2) is 10.9. The highest BCUT2D eigenvalue weighted by Gasteiger charge is 2.26. The summed E-state index contributed by atoms with van der Waals surface area (Å²) in [7, 11) is -0.0125. The molecule has 10 heteroatoms. The van der Waals surface area contributed by atoms with Crippen molar-refractivity contribution < 1.29 is 17.9 Å². The van der Waals surface area contributed by atoms with Crippen molar-refractivity contribution in [1.29, 1.82) is 0 Å². The van der Waals surface area contributed by atoms with Gasteiger partial charge in [0.05, 0.1) is 12.0 Å². The zero-order valence-corrected chi connectivity index (χ0v) is 20.8. The normalized spacial score (nSPS) is 15.4. The summed E-state index contributed by atoms with van der Waals surface area (Å²) in [5.41, 5.74) is 1.63. The van der Waals surface area contributed by atoms with E-state index in [1.807, 2.05) is 42.1 Å². The lowest BCUT2D eigenvalue weighted by Crippen LogP contribution is -2.39.